The third-order valence-electron chi connectivity index (χ3n) is 5.10. The molecule has 1 N–H and O–H groups in total. The highest BCUT2D eigenvalue weighted by atomic mass is 19.1. The quantitative estimate of drug-likeness (QED) is 0.766. The van der Waals surface area contributed by atoms with E-state index in [-0.39, 0.29) is 11.5 Å². The Labute approximate surface area is 151 Å². The standard InChI is InChI=1S/C20H23FN4O/c21-16-6-8-17(9-7-16)24-14-12-23(13-15-24)10-3-11-25-19-5-2-1-4-18(19)22-20(25)26/h1-2,4-9H,3,10-15H2,(H,22,26). The molecule has 0 saturated carbocycles. The number of aromatic amines is 1. The minimum atomic E-state index is -0.195. The van der Waals surface area contributed by atoms with E-state index in [0.717, 1.165) is 62.4 Å². The number of fused-ring (bicyclic) bond motifs is 1. The first kappa shape index (κ1) is 16.8. The number of hydrogen-bond donors (Lipinski definition) is 1. The number of H-pyrrole nitrogens is 1. The Bertz CT molecular complexity index is 923. The molecule has 1 fully saturated rings. The van der Waals surface area contributed by atoms with E-state index < -0.39 is 0 Å². The number of halogens is 1. The maximum Gasteiger partial charge on any atom is 0.326 e. The van der Waals surface area contributed by atoms with Crippen molar-refractivity contribution in [1.82, 2.24) is 14.5 Å². The molecule has 3 aromatic rings. The van der Waals surface area contributed by atoms with E-state index in [9.17, 15) is 9.18 Å². The van der Waals surface area contributed by atoms with Crippen LogP contribution in [0.25, 0.3) is 11.0 Å². The minimum absolute atomic E-state index is 0.0349. The maximum atomic E-state index is 13.0. The summed E-state index contributed by atoms with van der Waals surface area (Å²) in [5, 5.41) is 0. The molecule has 0 amide bonds. The molecule has 2 aromatic carbocycles. The van der Waals surface area contributed by atoms with Gasteiger partial charge in [0.25, 0.3) is 0 Å². The summed E-state index contributed by atoms with van der Waals surface area (Å²) in [4.78, 5) is 19.7. The third-order valence-corrected chi connectivity index (χ3v) is 5.10. The summed E-state index contributed by atoms with van der Waals surface area (Å²) in [6, 6.07) is 14.5. The zero-order valence-electron chi connectivity index (χ0n) is 14.7. The topological polar surface area (TPSA) is 44.3 Å². The van der Waals surface area contributed by atoms with E-state index >= 15 is 0 Å². The fourth-order valence-corrected chi connectivity index (χ4v) is 3.66. The summed E-state index contributed by atoms with van der Waals surface area (Å²) < 4.78 is 14.9. The van der Waals surface area contributed by atoms with E-state index in [2.05, 4.69) is 14.8 Å². The fraction of sp³-hybridized carbons (Fsp3) is 0.350. The number of aryl methyl sites for hydroxylation is 1. The molecule has 136 valence electrons. The third kappa shape index (κ3) is 3.51. The molecule has 4 rings (SSSR count). The molecular formula is C20H23FN4O. The number of imidazole rings is 1. The summed E-state index contributed by atoms with van der Waals surface area (Å²) in [7, 11) is 0. The highest BCUT2D eigenvalue weighted by Gasteiger charge is 2.17. The summed E-state index contributed by atoms with van der Waals surface area (Å²) >= 11 is 0. The first-order valence-electron chi connectivity index (χ1n) is 9.11. The number of nitrogens with one attached hydrogen (secondary N) is 1. The Morgan fingerprint density at radius 3 is 2.42 bits per heavy atom. The van der Waals surface area contributed by atoms with Crippen molar-refractivity contribution in [2.45, 2.75) is 13.0 Å². The molecule has 2 heterocycles. The van der Waals surface area contributed by atoms with Gasteiger partial charge in [0.1, 0.15) is 5.82 Å². The first-order chi connectivity index (χ1) is 12.7. The first-order valence-corrected chi connectivity index (χ1v) is 9.11. The fourth-order valence-electron chi connectivity index (χ4n) is 3.66. The van der Waals surface area contributed by atoms with Gasteiger partial charge in [-0.25, -0.2) is 9.18 Å². The number of piperazine rings is 1. The molecule has 0 bridgehead atoms. The summed E-state index contributed by atoms with van der Waals surface area (Å²) in [6.45, 7) is 5.56. The Morgan fingerprint density at radius 2 is 1.65 bits per heavy atom. The van der Waals surface area contributed by atoms with Crippen molar-refractivity contribution < 1.29 is 4.39 Å². The highest BCUT2D eigenvalue weighted by molar-refractivity contribution is 5.74. The van der Waals surface area contributed by atoms with Gasteiger partial charge in [0.15, 0.2) is 0 Å². The van der Waals surface area contributed by atoms with Crippen LogP contribution in [0.15, 0.2) is 53.3 Å². The molecule has 26 heavy (non-hydrogen) atoms. The van der Waals surface area contributed by atoms with Crippen LogP contribution < -0.4 is 10.6 Å². The van der Waals surface area contributed by atoms with Crippen LogP contribution in [0.1, 0.15) is 6.42 Å². The van der Waals surface area contributed by atoms with E-state index in [1.807, 2.05) is 41.0 Å². The van der Waals surface area contributed by atoms with Crippen LogP contribution in [0.5, 0.6) is 0 Å². The van der Waals surface area contributed by atoms with E-state index in [0.29, 0.717) is 0 Å². The number of rotatable bonds is 5. The summed E-state index contributed by atoms with van der Waals surface area (Å²) in [5.74, 6) is -0.195. The number of nitrogens with zero attached hydrogens (tertiary/aromatic N) is 3. The van der Waals surface area contributed by atoms with Crippen molar-refractivity contribution in [2.24, 2.45) is 0 Å². The molecule has 1 aliphatic rings. The van der Waals surface area contributed by atoms with Crippen LogP contribution in [-0.4, -0.2) is 47.2 Å². The van der Waals surface area contributed by atoms with Gasteiger partial charge in [0.2, 0.25) is 0 Å². The molecule has 1 saturated heterocycles. The lowest BCUT2D eigenvalue weighted by Gasteiger charge is -2.36. The van der Waals surface area contributed by atoms with Crippen LogP contribution >= 0.6 is 0 Å². The predicted octanol–water partition coefficient (Wildman–Crippen LogP) is 2.68. The van der Waals surface area contributed by atoms with Crippen molar-refractivity contribution in [3.63, 3.8) is 0 Å². The Hall–Kier alpha value is -2.60. The van der Waals surface area contributed by atoms with Gasteiger partial charge in [-0.15, -0.1) is 0 Å². The lowest BCUT2D eigenvalue weighted by atomic mass is 10.2. The number of hydrogen-bond acceptors (Lipinski definition) is 3. The largest absolute Gasteiger partial charge is 0.369 e. The predicted molar refractivity (Wildman–Crippen MR) is 102 cm³/mol. The maximum absolute atomic E-state index is 13.0. The van der Waals surface area contributed by atoms with Crippen molar-refractivity contribution in [3.8, 4) is 0 Å². The second-order valence-corrected chi connectivity index (χ2v) is 6.76. The molecular weight excluding hydrogens is 331 g/mol. The lowest BCUT2D eigenvalue weighted by Crippen LogP contribution is -2.46. The van der Waals surface area contributed by atoms with Gasteiger partial charge in [-0.2, -0.15) is 0 Å². The number of aromatic nitrogens is 2. The number of anilines is 1. The molecule has 6 heteroatoms. The minimum Gasteiger partial charge on any atom is -0.369 e. The summed E-state index contributed by atoms with van der Waals surface area (Å²) in [6.07, 6.45) is 0.943. The summed E-state index contributed by atoms with van der Waals surface area (Å²) in [5.41, 5.74) is 2.91. The van der Waals surface area contributed by atoms with Crippen molar-refractivity contribution >= 4 is 16.7 Å². The van der Waals surface area contributed by atoms with Crippen LogP contribution in [0.3, 0.4) is 0 Å². The van der Waals surface area contributed by atoms with Gasteiger partial charge < -0.3 is 9.88 Å². The number of para-hydroxylation sites is 2. The van der Waals surface area contributed by atoms with Gasteiger partial charge in [-0.1, -0.05) is 12.1 Å². The smallest absolute Gasteiger partial charge is 0.326 e. The van der Waals surface area contributed by atoms with E-state index in [4.69, 9.17) is 0 Å². The van der Waals surface area contributed by atoms with Crippen LogP contribution in [-0.2, 0) is 6.54 Å². The van der Waals surface area contributed by atoms with Gasteiger partial charge in [0.05, 0.1) is 11.0 Å². The monoisotopic (exact) mass is 354 g/mol. The Balaban J connectivity index is 1.29. The molecule has 0 radical (unpaired) electrons. The van der Waals surface area contributed by atoms with Crippen LogP contribution in [0.2, 0.25) is 0 Å². The highest BCUT2D eigenvalue weighted by Crippen LogP contribution is 2.17. The van der Waals surface area contributed by atoms with Crippen molar-refractivity contribution in [1.29, 1.82) is 0 Å². The van der Waals surface area contributed by atoms with Crippen LogP contribution in [0.4, 0.5) is 10.1 Å². The Morgan fingerprint density at radius 1 is 0.923 bits per heavy atom. The van der Waals surface area contributed by atoms with E-state index in [1.54, 1.807) is 0 Å². The molecule has 1 aromatic heterocycles. The lowest BCUT2D eigenvalue weighted by molar-refractivity contribution is 0.250. The molecule has 0 unspecified atom stereocenters. The second kappa shape index (κ2) is 7.33. The average Bonchev–Trinajstić information content (AvgIpc) is 2.99. The van der Waals surface area contributed by atoms with Crippen molar-refractivity contribution in [3.05, 3.63) is 64.8 Å². The molecule has 5 nitrogen and oxygen atoms in total. The molecule has 1 aliphatic heterocycles. The second-order valence-electron chi connectivity index (χ2n) is 6.76. The van der Waals surface area contributed by atoms with Crippen molar-refractivity contribution in [2.75, 3.05) is 37.6 Å². The van der Waals surface area contributed by atoms with E-state index in [1.165, 1.54) is 12.1 Å². The zero-order valence-corrected chi connectivity index (χ0v) is 14.7. The normalized spacial score (nSPS) is 15.7. The van der Waals surface area contributed by atoms with Gasteiger partial charge >= 0.3 is 5.69 Å². The van der Waals surface area contributed by atoms with Gasteiger partial charge in [-0.3, -0.25) is 9.47 Å². The molecule has 0 aliphatic carbocycles. The van der Waals surface area contributed by atoms with Crippen LogP contribution in [0, 0.1) is 5.82 Å². The SMILES string of the molecule is O=c1[nH]c2ccccc2n1CCCN1CCN(c2ccc(F)cc2)CC1. The molecule has 0 spiro atoms. The molecule has 0 atom stereocenters. The number of benzene rings is 2. The zero-order chi connectivity index (χ0) is 17.9. The Kier molecular flexibility index (Phi) is 4.75. The average molecular weight is 354 g/mol. The van der Waals surface area contributed by atoms with Gasteiger partial charge in [0, 0.05) is 38.4 Å². The van der Waals surface area contributed by atoms with Gasteiger partial charge in [-0.05, 0) is 49.4 Å².